The molecule has 0 saturated heterocycles. The maximum Gasteiger partial charge on any atom is 0.405 e. The van der Waals surface area contributed by atoms with Crippen LogP contribution in [0.25, 0.3) is 0 Å². The molecule has 4 nitrogen and oxygen atoms in total. The van der Waals surface area contributed by atoms with Crippen LogP contribution in [-0.2, 0) is 0 Å². The van der Waals surface area contributed by atoms with Crippen LogP contribution in [-0.4, -0.2) is 24.4 Å². The fourth-order valence-corrected chi connectivity index (χ4v) is 2.50. The summed E-state index contributed by atoms with van der Waals surface area (Å²) in [4.78, 5) is 10.3. The number of benzene rings is 1. The van der Waals surface area contributed by atoms with E-state index in [2.05, 4.69) is 17.2 Å². The largest absolute Gasteiger partial charge is 0.493 e. The highest BCUT2D eigenvalue weighted by Crippen LogP contribution is 2.24. The summed E-state index contributed by atoms with van der Waals surface area (Å²) in [6.45, 7) is 0.903. The first-order valence-electron chi connectivity index (χ1n) is 7.42. The molecule has 0 atom stereocenters. The second-order valence-corrected chi connectivity index (χ2v) is 5.30. The highest BCUT2D eigenvalue weighted by atomic mass is 16.5. The van der Waals surface area contributed by atoms with Gasteiger partial charge in [0.1, 0.15) is 5.75 Å². The van der Waals surface area contributed by atoms with E-state index in [1.807, 2.05) is 24.3 Å². The van der Waals surface area contributed by atoms with E-state index in [0.29, 0.717) is 5.92 Å². The molecule has 21 heavy (non-hydrogen) atoms. The van der Waals surface area contributed by atoms with Gasteiger partial charge in [0, 0.05) is 5.56 Å². The molecule has 0 aromatic heterocycles. The van der Waals surface area contributed by atoms with E-state index in [4.69, 9.17) is 9.84 Å². The summed E-state index contributed by atoms with van der Waals surface area (Å²) in [6, 6.07) is 7.63. The molecule has 4 heteroatoms. The molecule has 1 saturated carbocycles. The highest BCUT2D eigenvalue weighted by Gasteiger charge is 2.13. The van der Waals surface area contributed by atoms with Crippen LogP contribution < -0.4 is 10.1 Å². The zero-order valence-electron chi connectivity index (χ0n) is 12.1. The van der Waals surface area contributed by atoms with Crippen molar-refractivity contribution >= 4 is 6.09 Å². The Kier molecular flexibility index (Phi) is 5.96. The predicted octanol–water partition coefficient (Wildman–Crippen LogP) is 3.26. The molecule has 0 unspecified atom stereocenters. The normalized spacial score (nSPS) is 14.9. The average molecular weight is 287 g/mol. The van der Waals surface area contributed by atoms with Crippen LogP contribution in [0.3, 0.4) is 0 Å². The van der Waals surface area contributed by atoms with Gasteiger partial charge in [-0.1, -0.05) is 37.2 Å². The number of hydrogen-bond acceptors (Lipinski definition) is 2. The van der Waals surface area contributed by atoms with Crippen LogP contribution in [0.4, 0.5) is 4.79 Å². The zero-order valence-corrected chi connectivity index (χ0v) is 12.1. The number of ether oxygens (including phenoxy) is 1. The third kappa shape index (κ3) is 5.78. The van der Waals surface area contributed by atoms with Crippen molar-refractivity contribution in [3.63, 3.8) is 0 Å². The smallest absolute Gasteiger partial charge is 0.405 e. The Morgan fingerprint density at radius 2 is 2.14 bits per heavy atom. The summed E-state index contributed by atoms with van der Waals surface area (Å²) in [5, 5.41) is 10.7. The monoisotopic (exact) mass is 287 g/mol. The van der Waals surface area contributed by atoms with Crippen LogP contribution in [0.5, 0.6) is 5.75 Å². The second-order valence-electron chi connectivity index (χ2n) is 5.30. The summed E-state index contributed by atoms with van der Waals surface area (Å²) in [6.07, 6.45) is 5.45. The fourth-order valence-electron chi connectivity index (χ4n) is 2.50. The summed E-state index contributed by atoms with van der Waals surface area (Å²) in [5.41, 5.74) is 0.836. The van der Waals surface area contributed by atoms with Crippen molar-refractivity contribution in [2.45, 2.75) is 32.1 Å². The maximum absolute atomic E-state index is 10.3. The zero-order chi connectivity index (χ0) is 14.9. The fraction of sp³-hybridized carbons (Fsp3) is 0.471. The van der Waals surface area contributed by atoms with Gasteiger partial charge >= 0.3 is 6.09 Å². The van der Waals surface area contributed by atoms with Crippen molar-refractivity contribution in [3.8, 4) is 17.6 Å². The van der Waals surface area contributed by atoms with E-state index in [-0.39, 0.29) is 6.54 Å². The lowest BCUT2D eigenvalue weighted by Gasteiger charge is -2.21. The molecule has 0 aliphatic heterocycles. The molecular weight excluding hydrogens is 266 g/mol. The van der Waals surface area contributed by atoms with E-state index in [1.54, 1.807) is 0 Å². The quantitative estimate of drug-likeness (QED) is 0.836. The van der Waals surface area contributed by atoms with Gasteiger partial charge in [-0.25, -0.2) is 4.79 Å². The van der Waals surface area contributed by atoms with Gasteiger partial charge in [-0.15, -0.1) is 0 Å². The summed E-state index contributed by atoms with van der Waals surface area (Å²) >= 11 is 0. The number of amides is 1. The third-order valence-corrected chi connectivity index (χ3v) is 3.61. The van der Waals surface area contributed by atoms with E-state index >= 15 is 0 Å². The average Bonchev–Trinajstić information content (AvgIpc) is 2.51. The molecule has 0 bridgehead atoms. The lowest BCUT2D eigenvalue weighted by molar-refractivity contribution is 0.196. The van der Waals surface area contributed by atoms with Gasteiger partial charge in [-0.3, -0.25) is 0 Å². The van der Waals surface area contributed by atoms with Crippen molar-refractivity contribution < 1.29 is 14.6 Å². The molecule has 1 aliphatic rings. The minimum Gasteiger partial charge on any atom is -0.493 e. The number of nitrogens with one attached hydrogen (secondary N) is 1. The Morgan fingerprint density at radius 3 is 2.90 bits per heavy atom. The van der Waals surface area contributed by atoms with Gasteiger partial charge < -0.3 is 15.2 Å². The standard InChI is InChI=1S/C17H21NO3/c19-17(20)18-11-5-9-14-8-4-10-16(12-14)21-13-15-6-2-1-3-7-15/h4,8,10,12,15,18H,1-3,6-7,11,13H2,(H,19,20). The van der Waals surface area contributed by atoms with Crippen LogP contribution in [0.2, 0.25) is 0 Å². The Hall–Kier alpha value is -2.15. The van der Waals surface area contributed by atoms with Gasteiger partial charge in [0.05, 0.1) is 13.2 Å². The first-order chi connectivity index (χ1) is 10.2. The summed E-state index contributed by atoms with van der Waals surface area (Å²) < 4.78 is 5.85. The van der Waals surface area contributed by atoms with Crippen LogP contribution in [0, 0.1) is 17.8 Å². The van der Waals surface area contributed by atoms with Crippen LogP contribution in [0.15, 0.2) is 24.3 Å². The van der Waals surface area contributed by atoms with Crippen molar-refractivity contribution in [2.75, 3.05) is 13.2 Å². The van der Waals surface area contributed by atoms with Gasteiger partial charge in [-0.05, 0) is 37.0 Å². The van der Waals surface area contributed by atoms with Gasteiger partial charge in [-0.2, -0.15) is 0 Å². The number of rotatable bonds is 4. The lowest BCUT2D eigenvalue weighted by atomic mass is 9.90. The van der Waals surface area contributed by atoms with Gasteiger partial charge in [0.15, 0.2) is 0 Å². The van der Waals surface area contributed by atoms with Gasteiger partial charge in [0.25, 0.3) is 0 Å². The van der Waals surface area contributed by atoms with Crippen molar-refractivity contribution in [1.82, 2.24) is 5.32 Å². The van der Waals surface area contributed by atoms with Crippen molar-refractivity contribution in [3.05, 3.63) is 29.8 Å². The minimum atomic E-state index is -1.06. The molecule has 1 fully saturated rings. The molecule has 1 aromatic carbocycles. The Balaban J connectivity index is 1.83. The predicted molar refractivity (Wildman–Crippen MR) is 81.4 cm³/mol. The number of carboxylic acid groups (broad SMARTS) is 1. The Morgan fingerprint density at radius 1 is 1.33 bits per heavy atom. The summed E-state index contributed by atoms with van der Waals surface area (Å²) in [7, 11) is 0. The lowest BCUT2D eigenvalue weighted by Crippen LogP contribution is -2.20. The molecule has 2 rings (SSSR count). The molecule has 112 valence electrons. The number of carbonyl (C=O) groups is 1. The van der Waals surface area contributed by atoms with Gasteiger partial charge in [0.2, 0.25) is 0 Å². The minimum absolute atomic E-state index is 0.127. The van der Waals surface area contributed by atoms with Crippen molar-refractivity contribution in [2.24, 2.45) is 5.92 Å². The van der Waals surface area contributed by atoms with Crippen LogP contribution >= 0.6 is 0 Å². The van der Waals surface area contributed by atoms with Crippen molar-refractivity contribution in [1.29, 1.82) is 0 Å². The SMILES string of the molecule is O=C(O)NCC#Cc1cccc(OCC2CCCCC2)c1. The van der Waals surface area contributed by atoms with E-state index in [9.17, 15) is 4.79 Å². The first-order valence-corrected chi connectivity index (χ1v) is 7.42. The van der Waals surface area contributed by atoms with E-state index in [0.717, 1.165) is 17.9 Å². The topological polar surface area (TPSA) is 58.6 Å². The molecule has 1 aromatic rings. The van der Waals surface area contributed by atoms with E-state index in [1.165, 1.54) is 32.1 Å². The Labute approximate surface area is 125 Å². The third-order valence-electron chi connectivity index (χ3n) is 3.61. The molecule has 1 aliphatic carbocycles. The molecule has 0 spiro atoms. The number of hydrogen-bond donors (Lipinski definition) is 2. The summed E-state index contributed by atoms with van der Waals surface area (Å²) in [5.74, 6) is 7.20. The first kappa shape index (κ1) is 15.2. The van der Waals surface area contributed by atoms with Crippen LogP contribution in [0.1, 0.15) is 37.7 Å². The molecule has 2 N–H and O–H groups in total. The van der Waals surface area contributed by atoms with E-state index < -0.39 is 6.09 Å². The molecule has 0 radical (unpaired) electrons. The second kappa shape index (κ2) is 8.21. The highest BCUT2D eigenvalue weighted by molar-refractivity contribution is 5.64. The Bertz CT molecular complexity index is 524. The molecule has 0 heterocycles. The molecular formula is C17H21NO3. The molecule has 1 amide bonds. The maximum atomic E-state index is 10.3.